The highest BCUT2D eigenvalue weighted by molar-refractivity contribution is 7.99. The number of nitrogens with one attached hydrogen (secondary N) is 1. The van der Waals surface area contributed by atoms with E-state index in [1.54, 1.807) is 0 Å². The smallest absolute Gasteiger partial charge is 0.252 e. The van der Waals surface area contributed by atoms with E-state index in [1.807, 2.05) is 54.6 Å². The zero-order valence-corrected chi connectivity index (χ0v) is 15.5. The summed E-state index contributed by atoms with van der Waals surface area (Å²) in [5.74, 6) is -0.0620. The molecule has 3 nitrogen and oxygen atoms in total. The van der Waals surface area contributed by atoms with E-state index in [4.69, 9.17) is 11.6 Å². The van der Waals surface area contributed by atoms with Gasteiger partial charge in [-0.25, -0.2) is 4.98 Å². The first kappa shape index (κ1) is 17.8. The highest BCUT2D eigenvalue weighted by Crippen LogP contribution is 2.33. The number of carbonyl (C=O) groups is 1. The van der Waals surface area contributed by atoms with Crippen LogP contribution >= 0.6 is 23.4 Å². The lowest BCUT2D eigenvalue weighted by atomic mass is 10.1. The maximum Gasteiger partial charge on any atom is 0.252 e. The first-order chi connectivity index (χ1) is 12.2. The minimum absolute atomic E-state index is 0.0620. The SMILES string of the molecule is CCCCNC(=O)c1cc(Sc2ccccc2Cl)nc2ccccc12. The molecule has 128 valence electrons. The van der Waals surface area contributed by atoms with E-state index in [0.717, 1.165) is 33.7 Å². The summed E-state index contributed by atoms with van der Waals surface area (Å²) >= 11 is 7.72. The van der Waals surface area contributed by atoms with Crippen LogP contribution in [0.15, 0.2) is 64.5 Å². The summed E-state index contributed by atoms with van der Waals surface area (Å²) in [6.07, 6.45) is 2.01. The predicted octanol–water partition coefficient (Wildman–Crippen LogP) is 5.57. The Labute approximate surface area is 156 Å². The Morgan fingerprint density at radius 2 is 1.92 bits per heavy atom. The first-order valence-corrected chi connectivity index (χ1v) is 9.49. The van der Waals surface area contributed by atoms with Crippen molar-refractivity contribution in [2.24, 2.45) is 0 Å². The molecule has 0 radical (unpaired) electrons. The maximum atomic E-state index is 12.6. The van der Waals surface area contributed by atoms with Crippen molar-refractivity contribution in [2.75, 3.05) is 6.54 Å². The number of para-hydroxylation sites is 1. The van der Waals surface area contributed by atoms with Crippen molar-refractivity contribution in [2.45, 2.75) is 29.7 Å². The lowest BCUT2D eigenvalue weighted by Crippen LogP contribution is -2.24. The summed E-state index contributed by atoms with van der Waals surface area (Å²) in [4.78, 5) is 18.2. The lowest BCUT2D eigenvalue weighted by Gasteiger charge is -2.10. The highest BCUT2D eigenvalue weighted by Gasteiger charge is 2.14. The van der Waals surface area contributed by atoms with Gasteiger partial charge in [0.2, 0.25) is 0 Å². The number of hydrogen-bond donors (Lipinski definition) is 1. The van der Waals surface area contributed by atoms with Crippen LogP contribution < -0.4 is 5.32 Å². The van der Waals surface area contributed by atoms with Crippen molar-refractivity contribution in [3.8, 4) is 0 Å². The van der Waals surface area contributed by atoms with Gasteiger partial charge in [-0.3, -0.25) is 4.79 Å². The van der Waals surface area contributed by atoms with Crippen molar-refractivity contribution in [3.05, 3.63) is 65.2 Å². The van der Waals surface area contributed by atoms with Crippen molar-refractivity contribution in [3.63, 3.8) is 0 Å². The topological polar surface area (TPSA) is 42.0 Å². The molecule has 3 aromatic rings. The van der Waals surface area contributed by atoms with E-state index < -0.39 is 0 Å². The summed E-state index contributed by atoms with van der Waals surface area (Å²) in [5, 5.41) is 5.29. The van der Waals surface area contributed by atoms with Crippen LogP contribution in [0.5, 0.6) is 0 Å². The number of fused-ring (bicyclic) bond motifs is 1. The first-order valence-electron chi connectivity index (χ1n) is 8.29. The largest absolute Gasteiger partial charge is 0.352 e. The summed E-state index contributed by atoms with van der Waals surface area (Å²) < 4.78 is 0. The summed E-state index contributed by atoms with van der Waals surface area (Å²) in [6, 6.07) is 17.2. The molecule has 3 rings (SSSR count). The molecule has 5 heteroatoms. The van der Waals surface area contributed by atoms with Gasteiger partial charge in [0.15, 0.2) is 0 Å². The van der Waals surface area contributed by atoms with Gasteiger partial charge in [-0.2, -0.15) is 0 Å². The molecule has 2 aromatic carbocycles. The third-order valence-electron chi connectivity index (χ3n) is 3.80. The van der Waals surface area contributed by atoms with Gasteiger partial charge in [0.25, 0.3) is 5.91 Å². The zero-order valence-electron chi connectivity index (χ0n) is 14.0. The Hall–Kier alpha value is -2.04. The molecule has 0 saturated heterocycles. The minimum atomic E-state index is -0.0620. The van der Waals surface area contributed by atoms with Gasteiger partial charge in [-0.05, 0) is 30.7 Å². The molecule has 0 bridgehead atoms. The molecule has 0 saturated carbocycles. The fourth-order valence-electron chi connectivity index (χ4n) is 2.51. The lowest BCUT2D eigenvalue weighted by molar-refractivity contribution is 0.0954. The van der Waals surface area contributed by atoms with Gasteiger partial charge in [0, 0.05) is 16.8 Å². The van der Waals surface area contributed by atoms with Crippen molar-refractivity contribution < 1.29 is 4.79 Å². The molecule has 0 spiro atoms. The van der Waals surface area contributed by atoms with Crippen LogP contribution in [0.25, 0.3) is 10.9 Å². The van der Waals surface area contributed by atoms with E-state index in [0.29, 0.717) is 17.1 Å². The highest BCUT2D eigenvalue weighted by atomic mass is 35.5. The average molecular weight is 371 g/mol. The van der Waals surface area contributed by atoms with Crippen LogP contribution in [0.3, 0.4) is 0 Å². The molecule has 0 unspecified atom stereocenters. The standard InChI is InChI=1S/C20H19ClN2OS/c1-2-3-12-22-20(24)15-13-19(23-17-10-6-4-8-14(15)17)25-18-11-7-5-9-16(18)21/h4-11,13H,2-3,12H2,1H3,(H,22,24). The number of rotatable bonds is 6. The summed E-state index contributed by atoms with van der Waals surface area (Å²) in [6.45, 7) is 2.78. The number of hydrogen-bond acceptors (Lipinski definition) is 3. The third kappa shape index (κ3) is 4.33. The Balaban J connectivity index is 1.97. The molecule has 0 fully saturated rings. The summed E-state index contributed by atoms with van der Waals surface area (Å²) in [5.41, 5.74) is 1.46. The van der Waals surface area contributed by atoms with Gasteiger partial charge in [0.05, 0.1) is 16.1 Å². The molecule has 0 aliphatic rings. The van der Waals surface area contributed by atoms with Crippen LogP contribution in [-0.2, 0) is 0 Å². The molecule has 1 amide bonds. The van der Waals surface area contributed by atoms with E-state index in [9.17, 15) is 4.79 Å². The molecule has 0 atom stereocenters. The van der Waals surface area contributed by atoms with Crippen molar-refractivity contribution >= 4 is 40.2 Å². The van der Waals surface area contributed by atoms with E-state index in [-0.39, 0.29) is 5.91 Å². The molecule has 1 heterocycles. The minimum Gasteiger partial charge on any atom is -0.352 e. The fourth-order valence-corrected chi connectivity index (χ4v) is 3.62. The zero-order chi connectivity index (χ0) is 17.6. The number of unbranched alkanes of at least 4 members (excludes halogenated alkanes) is 1. The van der Waals surface area contributed by atoms with Crippen LogP contribution in [0.2, 0.25) is 5.02 Å². The Bertz CT molecular complexity index is 898. The van der Waals surface area contributed by atoms with Crippen LogP contribution in [-0.4, -0.2) is 17.4 Å². The molecule has 1 N–H and O–H groups in total. The van der Waals surface area contributed by atoms with Gasteiger partial charge in [-0.15, -0.1) is 0 Å². The number of nitrogens with zero attached hydrogens (tertiary/aromatic N) is 1. The Kier molecular flexibility index (Phi) is 5.95. The monoisotopic (exact) mass is 370 g/mol. The number of benzene rings is 2. The maximum absolute atomic E-state index is 12.6. The fraction of sp³-hybridized carbons (Fsp3) is 0.200. The molecular formula is C20H19ClN2OS. The van der Waals surface area contributed by atoms with Crippen LogP contribution in [0, 0.1) is 0 Å². The average Bonchev–Trinajstić information content (AvgIpc) is 2.63. The molecule has 0 aliphatic heterocycles. The number of amides is 1. The Morgan fingerprint density at radius 1 is 1.16 bits per heavy atom. The second-order valence-corrected chi connectivity index (χ2v) is 7.14. The summed E-state index contributed by atoms with van der Waals surface area (Å²) in [7, 11) is 0. The van der Waals surface area contributed by atoms with Gasteiger partial charge < -0.3 is 5.32 Å². The number of pyridine rings is 1. The number of aromatic nitrogens is 1. The third-order valence-corrected chi connectivity index (χ3v) is 5.24. The van der Waals surface area contributed by atoms with Gasteiger partial charge in [0.1, 0.15) is 5.03 Å². The molecule has 0 aliphatic carbocycles. The van der Waals surface area contributed by atoms with Gasteiger partial charge >= 0.3 is 0 Å². The number of carbonyl (C=O) groups excluding carboxylic acids is 1. The second kappa shape index (κ2) is 8.37. The van der Waals surface area contributed by atoms with Crippen molar-refractivity contribution in [1.29, 1.82) is 0 Å². The van der Waals surface area contributed by atoms with Gasteiger partial charge in [-0.1, -0.05) is 67.0 Å². The van der Waals surface area contributed by atoms with Crippen LogP contribution in [0.1, 0.15) is 30.1 Å². The predicted molar refractivity (Wildman–Crippen MR) is 105 cm³/mol. The second-order valence-electron chi connectivity index (χ2n) is 5.67. The normalized spacial score (nSPS) is 10.8. The van der Waals surface area contributed by atoms with E-state index in [2.05, 4.69) is 17.2 Å². The quantitative estimate of drug-likeness (QED) is 0.577. The molecular weight excluding hydrogens is 352 g/mol. The van der Waals surface area contributed by atoms with Crippen molar-refractivity contribution in [1.82, 2.24) is 10.3 Å². The molecule has 1 aromatic heterocycles. The van der Waals surface area contributed by atoms with E-state index >= 15 is 0 Å². The molecule has 25 heavy (non-hydrogen) atoms. The van der Waals surface area contributed by atoms with E-state index in [1.165, 1.54) is 11.8 Å². The number of halogens is 1. The van der Waals surface area contributed by atoms with Crippen LogP contribution in [0.4, 0.5) is 0 Å². The Morgan fingerprint density at radius 3 is 2.72 bits per heavy atom.